The summed E-state index contributed by atoms with van der Waals surface area (Å²) in [6.45, 7) is 1.77. The Morgan fingerprint density at radius 1 is 1.27 bits per heavy atom. The minimum absolute atomic E-state index is 0.0990. The van der Waals surface area contributed by atoms with Crippen molar-refractivity contribution in [2.75, 3.05) is 45.6 Å². The Kier molecular flexibility index (Phi) is 7.68. The van der Waals surface area contributed by atoms with Crippen molar-refractivity contribution in [3.63, 3.8) is 0 Å². The minimum atomic E-state index is -3.62. The highest BCUT2D eigenvalue weighted by Crippen LogP contribution is 2.24. The number of benzene rings is 1. The van der Waals surface area contributed by atoms with Gasteiger partial charge < -0.3 is 15.4 Å². The maximum absolute atomic E-state index is 12.9. The van der Waals surface area contributed by atoms with Crippen LogP contribution in [0.15, 0.2) is 30.3 Å². The Morgan fingerprint density at radius 2 is 2.03 bits per heavy atom. The fourth-order valence-electron chi connectivity index (χ4n) is 3.96. The molecule has 0 saturated carbocycles. The third-order valence-electron chi connectivity index (χ3n) is 5.49. The highest BCUT2D eigenvalue weighted by Gasteiger charge is 2.45. The predicted molar refractivity (Wildman–Crippen MR) is 112 cm³/mol. The van der Waals surface area contributed by atoms with Crippen molar-refractivity contribution in [1.29, 1.82) is 0 Å². The Morgan fingerprint density at radius 3 is 2.77 bits per heavy atom. The Hall–Kier alpha value is -2.17. The van der Waals surface area contributed by atoms with E-state index < -0.39 is 22.0 Å². The third kappa shape index (κ3) is 5.71. The first-order chi connectivity index (χ1) is 14.4. The fourth-order valence-corrected chi connectivity index (χ4v) is 5.45. The van der Waals surface area contributed by atoms with E-state index >= 15 is 0 Å². The molecule has 166 valence electrons. The molecule has 2 saturated heterocycles. The molecule has 0 radical (unpaired) electrons. The number of sulfonamides is 1. The number of carbonyl (C=O) groups excluding carboxylic acids is 2. The number of nitrogens with one attached hydrogen (secondary N) is 2. The highest BCUT2D eigenvalue weighted by molar-refractivity contribution is 7.89. The zero-order valence-corrected chi connectivity index (χ0v) is 18.1. The standard InChI is InChI=1S/C20H30N4O5S/c1-29-12-5-10-24-19(25)18-14-17(15-23(18)11-13-30(24,27)28)22-20(26)21-9-8-16-6-3-2-4-7-16/h2-4,6-7,17-18H,5,8-15H2,1H3,(H2,21,22,26)/t17-,18-/m0/s1. The molecule has 0 spiro atoms. The number of rotatable bonds is 8. The van der Waals surface area contributed by atoms with Gasteiger partial charge in [-0.25, -0.2) is 17.5 Å². The van der Waals surface area contributed by atoms with E-state index in [1.54, 1.807) is 7.11 Å². The van der Waals surface area contributed by atoms with Crippen molar-refractivity contribution in [3.05, 3.63) is 35.9 Å². The van der Waals surface area contributed by atoms with Crippen molar-refractivity contribution >= 4 is 22.0 Å². The van der Waals surface area contributed by atoms with Crippen molar-refractivity contribution in [3.8, 4) is 0 Å². The van der Waals surface area contributed by atoms with Gasteiger partial charge in [-0.15, -0.1) is 0 Å². The van der Waals surface area contributed by atoms with Gasteiger partial charge in [0, 0.05) is 45.9 Å². The molecule has 2 fully saturated rings. The van der Waals surface area contributed by atoms with E-state index in [0.717, 1.165) is 16.3 Å². The average Bonchev–Trinajstić information content (AvgIpc) is 3.09. The van der Waals surface area contributed by atoms with Crippen LogP contribution in [-0.4, -0.2) is 87.3 Å². The lowest BCUT2D eigenvalue weighted by Gasteiger charge is -2.23. The smallest absolute Gasteiger partial charge is 0.315 e. The summed E-state index contributed by atoms with van der Waals surface area (Å²) in [6, 6.07) is 8.89. The van der Waals surface area contributed by atoms with Crippen LogP contribution in [0, 0.1) is 0 Å². The average molecular weight is 439 g/mol. The van der Waals surface area contributed by atoms with Gasteiger partial charge in [0.15, 0.2) is 0 Å². The second-order valence-corrected chi connectivity index (χ2v) is 9.66. The number of fused-ring (bicyclic) bond motifs is 1. The fraction of sp³-hybridized carbons (Fsp3) is 0.600. The third-order valence-corrected chi connectivity index (χ3v) is 7.23. The summed E-state index contributed by atoms with van der Waals surface area (Å²) in [5.74, 6) is -0.504. The van der Waals surface area contributed by atoms with Crippen LogP contribution in [0.4, 0.5) is 4.79 Å². The second kappa shape index (κ2) is 10.2. The molecular weight excluding hydrogens is 408 g/mol. The molecule has 2 aliphatic rings. The lowest BCUT2D eigenvalue weighted by atomic mass is 10.1. The Bertz CT molecular complexity index is 833. The molecule has 10 heteroatoms. The molecule has 1 aromatic rings. The van der Waals surface area contributed by atoms with Crippen molar-refractivity contribution in [2.24, 2.45) is 0 Å². The van der Waals surface area contributed by atoms with E-state index in [9.17, 15) is 18.0 Å². The summed E-state index contributed by atoms with van der Waals surface area (Å²) in [4.78, 5) is 27.0. The van der Waals surface area contributed by atoms with Crippen molar-refractivity contribution < 1.29 is 22.7 Å². The number of amides is 3. The second-order valence-electron chi connectivity index (χ2n) is 7.65. The molecule has 0 bridgehead atoms. The van der Waals surface area contributed by atoms with Crippen LogP contribution >= 0.6 is 0 Å². The topological polar surface area (TPSA) is 108 Å². The molecule has 30 heavy (non-hydrogen) atoms. The molecule has 1 aromatic carbocycles. The van der Waals surface area contributed by atoms with Gasteiger partial charge in [-0.2, -0.15) is 0 Å². The first-order valence-electron chi connectivity index (χ1n) is 10.3. The molecule has 2 heterocycles. The quantitative estimate of drug-likeness (QED) is 0.561. The number of hydrogen-bond donors (Lipinski definition) is 2. The van der Waals surface area contributed by atoms with Crippen LogP contribution in [-0.2, 0) is 26.0 Å². The number of hydrogen-bond acceptors (Lipinski definition) is 6. The number of ether oxygens (including phenoxy) is 1. The molecule has 3 rings (SSSR count). The van der Waals surface area contributed by atoms with Crippen molar-refractivity contribution in [1.82, 2.24) is 19.8 Å². The SMILES string of the molecule is COCCCN1C(=O)[C@@H]2C[C@H](NC(=O)NCCc3ccccc3)CN2CCS1(=O)=O. The van der Waals surface area contributed by atoms with Gasteiger partial charge in [-0.05, 0) is 24.8 Å². The van der Waals surface area contributed by atoms with Gasteiger partial charge in [0.25, 0.3) is 5.91 Å². The van der Waals surface area contributed by atoms with Gasteiger partial charge in [0.1, 0.15) is 0 Å². The number of urea groups is 1. The zero-order chi connectivity index (χ0) is 21.6. The minimum Gasteiger partial charge on any atom is -0.385 e. The number of nitrogens with zero attached hydrogens (tertiary/aromatic N) is 2. The number of methoxy groups -OCH3 is 1. The van der Waals surface area contributed by atoms with E-state index in [1.165, 1.54) is 0 Å². The van der Waals surface area contributed by atoms with Crippen LogP contribution in [0.5, 0.6) is 0 Å². The van der Waals surface area contributed by atoms with Gasteiger partial charge in [-0.3, -0.25) is 9.69 Å². The Labute approximate surface area is 177 Å². The molecule has 9 nitrogen and oxygen atoms in total. The summed E-state index contributed by atoms with van der Waals surface area (Å²) in [5.41, 5.74) is 1.15. The highest BCUT2D eigenvalue weighted by atomic mass is 32.2. The van der Waals surface area contributed by atoms with Crippen LogP contribution in [0.1, 0.15) is 18.4 Å². The summed E-state index contributed by atoms with van der Waals surface area (Å²) in [6.07, 6.45) is 1.60. The van der Waals surface area contributed by atoms with Gasteiger partial charge in [0.05, 0.1) is 11.8 Å². The van der Waals surface area contributed by atoms with Crippen LogP contribution in [0.25, 0.3) is 0 Å². The van der Waals surface area contributed by atoms with Crippen molar-refractivity contribution in [2.45, 2.75) is 31.3 Å². The van der Waals surface area contributed by atoms with E-state index in [4.69, 9.17) is 4.74 Å². The van der Waals surface area contributed by atoms with Gasteiger partial charge in [0.2, 0.25) is 10.0 Å². The van der Waals surface area contributed by atoms with E-state index in [1.807, 2.05) is 35.2 Å². The largest absolute Gasteiger partial charge is 0.385 e. The summed E-state index contributed by atoms with van der Waals surface area (Å²) in [7, 11) is -2.08. The summed E-state index contributed by atoms with van der Waals surface area (Å²) < 4.78 is 31.0. The van der Waals surface area contributed by atoms with E-state index in [2.05, 4.69) is 10.6 Å². The van der Waals surface area contributed by atoms with Crippen LogP contribution < -0.4 is 10.6 Å². The first kappa shape index (κ1) is 22.5. The maximum Gasteiger partial charge on any atom is 0.315 e. The van der Waals surface area contributed by atoms with Gasteiger partial charge in [-0.1, -0.05) is 30.3 Å². The molecule has 3 amide bonds. The monoisotopic (exact) mass is 438 g/mol. The lowest BCUT2D eigenvalue weighted by Crippen LogP contribution is -2.45. The molecule has 2 aliphatic heterocycles. The molecule has 0 aromatic heterocycles. The number of carbonyl (C=O) groups is 2. The summed E-state index contributed by atoms with van der Waals surface area (Å²) >= 11 is 0. The Balaban J connectivity index is 1.51. The first-order valence-corrected chi connectivity index (χ1v) is 11.9. The molecule has 2 atom stereocenters. The summed E-state index contributed by atoms with van der Waals surface area (Å²) in [5, 5.41) is 5.76. The van der Waals surface area contributed by atoms with E-state index in [0.29, 0.717) is 32.5 Å². The molecular formula is C20H30N4O5S. The lowest BCUT2D eigenvalue weighted by molar-refractivity contribution is -0.130. The normalized spacial score (nSPS) is 23.6. The zero-order valence-electron chi connectivity index (χ0n) is 17.2. The van der Waals surface area contributed by atoms with Crippen LogP contribution in [0.3, 0.4) is 0 Å². The molecule has 0 unspecified atom stereocenters. The van der Waals surface area contributed by atoms with Crippen LogP contribution in [0.2, 0.25) is 0 Å². The van der Waals surface area contributed by atoms with E-state index in [-0.39, 0.29) is 30.9 Å². The molecule has 2 N–H and O–H groups in total. The molecule has 0 aliphatic carbocycles. The van der Waals surface area contributed by atoms with Gasteiger partial charge >= 0.3 is 6.03 Å². The maximum atomic E-state index is 12.9. The predicted octanol–water partition coefficient (Wildman–Crippen LogP) is 0.180.